The number of aliphatic hydroxyl groups excluding tert-OH is 3. The number of benzene rings is 2. The molecule has 0 bridgehead atoms. The minimum absolute atomic E-state index is 0.00868. The minimum atomic E-state index is -2.39. The maximum atomic E-state index is 12.6. The predicted molar refractivity (Wildman–Crippen MR) is 140 cm³/mol. The Kier molecular flexibility index (Phi) is 9.53. The average molecular weight is 571 g/mol. The molecule has 1 heterocycles. The van der Waals surface area contributed by atoms with Crippen molar-refractivity contribution >= 4 is 23.8 Å². The van der Waals surface area contributed by atoms with Crippen molar-refractivity contribution in [1.82, 2.24) is 0 Å². The fourth-order valence-electron chi connectivity index (χ4n) is 4.25. The number of aromatic hydroxyl groups is 1. The summed E-state index contributed by atoms with van der Waals surface area (Å²) >= 11 is 0. The molecule has 6 atom stereocenters. The molecule has 12 nitrogen and oxygen atoms in total. The zero-order valence-electron chi connectivity index (χ0n) is 21.7. The molecule has 218 valence electrons. The average Bonchev–Trinajstić information content (AvgIpc) is 2.97. The number of hydrogen-bond donors (Lipinski definition) is 5. The lowest BCUT2D eigenvalue weighted by atomic mass is 9.90. The molecule has 0 spiro atoms. The molecule has 5 N–H and O–H groups in total. The van der Waals surface area contributed by atoms with Gasteiger partial charge in [0.05, 0.1) is 6.61 Å². The van der Waals surface area contributed by atoms with Gasteiger partial charge in [0.15, 0.2) is 11.9 Å². The summed E-state index contributed by atoms with van der Waals surface area (Å²) in [4.78, 5) is 37.2. The summed E-state index contributed by atoms with van der Waals surface area (Å²) in [5.41, 5.74) is -1.53. The van der Waals surface area contributed by atoms with E-state index in [-0.39, 0.29) is 23.5 Å². The Bertz CT molecular complexity index is 1300. The molecule has 1 aliphatic heterocycles. The molecule has 0 radical (unpaired) electrons. The number of ketones is 1. The molecule has 4 rings (SSSR count). The third-order valence-electron chi connectivity index (χ3n) is 6.59. The standard InChI is InChI=1S/C29H30O12/c30-15-21-24(34)25(35)26(41-23(33)13-10-17-8-11-19(31)12-9-17)27(40-21)39-20-6-2-1-5-18(20)16-38-28(36)29(37)14-4-3-7-22(29)32/h1-2,4-6,8-14,21,24-27,30-31,34-35,37H,3,7,15-16H2/t21-,24-,25+,26-,27-,29+/m1/s1. The van der Waals surface area contributed by atoms with E-state index >= 15 is 0 Å². The van der Waals surface area contributed by atoms with Crippen molar-refractivity contribution in [1.29, 1.82) is 0 Å². The second-order valence-corrected chi connectivity index (χ2v) is 9.47. The first-order valence-electron chi connectivity index (χ1n) is 12.8. The van der Waals surface area contributed by atoms with E-state index in [9.17, 15) is 39.9 Å². The van der Waals surface area contributed by atoms with Crippen LogP contribution in [0.15, 0.2) is 66.8 Å². The van der Waals surface area contributed by atoms with E-state index in [1.807, 2.05) is 0 Å². The Labute approximate surface area is 234 Å². The number of carbonyl (C=O) groups excluding carboxylic acids is 3. The number of allylic oxidation sites excluding steroid dienone is 1. The largest absolute Gasteiger partial charge is 0.508 e. The molecule has 41 heavy (non-hydrogen) atoms. The van der Waals surface area contributed by atoms with Gasteiger partial charge in [0, 0.05) is 18.1 Å². The maximum Gasteiger partial charge on any atom is 0.350 e. The first-order valence-corrected chi connectivity index (χ1v) is 12.8. The van der Waals surface area contributed by atoms with Gasteiger partial charge in [-0.1, -0.05) is 36.4 Å². The van der Waals surface area contributed by atoms with Crippen molar-refractivity contribution in [2.45, 2.75) is 55.8 Å². The Morgan fingerprint density at radius 1 is 1.07 bits per heavy atom. The van der Waals surface area contributed by atoms with E-state index in [2.05, 4.69) is 0 Å². The summed E-state index contributed by atoms with van der Waals surface area (Å²) in [5, 5.41) is 50.6. The van der Waals surface area contributed by atoms with Crippen LogP contribution in [0.2, 0.25) is 0 Å². The van der Waals surface area contributed by atoms with Crippen LogP contribution < -0.4 is 4.74 Å². The van der Waals surface area contributed by atoms with Crippen LogP contribution in [0.1, 0.15) is 24.0 Å². The van der Waals surface area contributed by atoms with Gasteiger partial charge in [-0.15, -0.1) is 0 Å². The number of carbonyl (C=O) groups is 3. The van der Waals surface area contributed by atoms with E-state index in [0.29, 0.717) is 12.0 Å². The van der Waals surface area contributed by atoms with Crippen LogP contribution >= 0.6 is 0 Å². The van der Waals surface area contributed by atoms with Gasteiger partial charge < -0.3 is 44.5 Å². The molecule has 0 unspecified atom stereocenters. The fourth-order valence-corrected chi connectivity index (χ4v) is 4.25. The van der Waals surface area contributed by atoms with Crippen molar-refractivity contribution in [3.8, 4) is 11.5 Å². The van der Waals surface area contributed by atoms with Gasteiger partial charge in [0.25, 0.3) is 0 Å². The number of para-hydroxylation sites is 1. The molecule has 1 saturated heterocycles. The Balaban J connectivity index is 1.49. The summed E-state index contributed by atoms with van der Waals surface area (Å²) < 4.78 is 22.0. The molecule has 12 heteroatoms. The number of rotatable bonds is 9. The van der Waals surface area contributed by atoms with Gasteiger partial charge in [-0.2, -0.15) is 0 Å². The minimum Gasteiger partial charge on any atom is -0.508 e. The first-order chi connectivity index (χ1) is 19.6. The van der Waals surface area contributed by atoms with Crippen molar-refractivity contribution < 1.29 is 58.9 Å². The van der Waals surface area contributed by atoms with Crippen LogP contribution in [-0.2, 0) is 35.2 Å². The van der Waals surface area contributed by atoms with E-state index < -0.39 is 67.2 Å². The number of esters is 2. The highest BCUT2D eigenvalue weighted by atomic mass is 16.7. The molecule has 0 amide bonds. The number of phenols is 1. The molecule has 2 aromatic carbocycles. The summed E-state index contributed by atoms with van der Waals surface area (Å²) in [7, 11) is 0. The summed E-state index contributed by atoms with van der Waals surface area (Å²) in [6.45, 7) is -1.10. The predicted octanol–water partition coefficient (Wildman–Crippen LogP) is 0.529. The van der Waals surface area contributed by atoms with Crippen molar-refractivity contribution in [2.24, 2.45) is 0 Å². The Morgan fingerprint density at radius 2 is 1.80 bits per heavy atom. The lowest BCUT2D eigenvalue weighted by Gasteiger charge is -2.41. The second-order valence-electron chi connectivity index (χ2n) is 9.47. The van der Waals surface area contributed by atoms with Gasteiger partial charge in [-0.25, -0.2) is 9.59 Å². The van der Waals surface area contributed by atoms with Crippen molar-refractivity contribution in [3.05, 3.63) is 77.9 Å². The van der Waals surface area contributed by atoms with Crippen LogP contribution in [0, 0.1) is 0 Å². The highest BCUT2D eigenvalue weighted by molar-refractivity contribution is 6.09. The molecule has 2 aromatic rings. The van der Waals surface area contributed by atoms with E-state index in [1.54, 1.807) is 24.3 Å². The molecule has 0 aromatic heterocycles. The smallest absolute Gasteiger partial charge is 0.350 e. The van der Waals surface area contributed by atoms with Crippen LogP contribution in [0.25, 0.3) is 6.08 Å². The topological polar surface area (TPSA) is 189 Å². The highest BCUT2D eigenvalue weighted by Gasteiger charge is 2.48. The molecule has 1 aliphatic carbocycles. The van der Waals surface area contributed by atoms with Gasteiger partial charge in [-0.3, -0.25) is 4.79 Å². The van der Waals surface area contributed by atoms with Gasteiger partial charge in [0.1, 0.15) is 36.4 Å². The van der Waals surface area contributed by atoms with Gasteiger partial charge in [-0.05, 0) is 42.3 Å². The number of ether oxygens (including phenoxy) is 4. The first kappa shape index (κ1) is 29.9. The van der Waals surface area contributed by atoms with Gasteiger partial charge >= 0.3 is 11.9 Å². The van der Waals surface area contributed by atoms with Crippen molar-refractivity contribution in [3.63, 3.8) is 0 Å². The van der Waals surface area contributed by atoms with Crippen LogP contribution in [-0.4, -0.2) is 86.2 Å². The third-order valence-corrected chi connectivity index (χ3v) is 6.59. The highest BCUT2D eigenvalue weighted by Crippen LogP contribution is 2.29. The summed E-state index contributed by atoms with van der Waals surface area (Å²) in [6, 6.07) is 12.2. The van der Waals surface area contributed by atoms with Crippen LogP contribution in [0.3, 0.4) is 0 Å². The van der Waals surface area contributed by atoms with E-state index in [0.717, 1.165) is 12.2 Å². The van der Waals surface area contributed by atoms with E-state index in [1.165, 1.54) is 36.4 Å². The lowest BCUT2D eigenvalue weighted by molar-refractivity contribution is -0.281. The number of phenolic OH excluding ortho intramolecular Hbond substituents is 1. The summed E-state index contributed by atoms with van der Waals surface area (Å²) in [6.07, 6.45) is -2.19. The van der Waals surface area contributed by atoms with Crippen molar-refractivity contribution in [2.75, 3.05) is 6.61 Å². The number of Topliss-reactive ketones (excluding diaryl/α,β-unsaturated/α-hetero) is 1. The molecular formula is C29H30O12. The third kappa shape index (κ3) is 6.99. The quantitative estimate of drug-likeness (QED) is 0.122. The Hall–Kier alpha value is -4.07. The normalized spacial score (nSPS) is 27.9. The van der Waals surface area contributed by atoms with Gasteiger partial charge in [0.2, 0.25) is 11.9 Å². The van der Waals surface area contributed by atoms with Crippen LogP contribution in [0.4, 0.5) is 0 Å². The summed E-state index contributed by atoms with van der Waals surface area (Å²) in [5.74, 6) is -2.63. The lowest BCUT2D eigenvalue weighted by Crippen LogP contribution is -2.61. The maximum absolute atomic E-state index is 12.6. The van der Waals surface area contributed by atoms with E-state index in [4.69, 9.17) is 18.9 Å². The second kappa shape index (κ2) is 13.1. The molecule has 2 aliphatic rings. The number of aliphatic hydroxyl groups is 4. The molecule has 1 fully saturated rings. The van der Waals surface area contributed by atoms with Crippen LogP contribution in [0.5, 0.6) is 11.5 Å². The monoisotopic (exact) mass is 570 g/mol. The number of hydrogen-bond acceptors (Lipinski definition) is 12. The fraction of sp³-hybridized carbons (Fsp3) is 0.345. The SMILES string of the molecule is O=C(C=Cc1ccc(O)cc1)O[C@H]1[C@H](Oc2ccccc2COC(=O)[C@]2(O)C=CCCC2=O)O[C@H](CO)[C@@H](O)[C@@H]1O. The molecule has 0 saturated carbocycles. The Morgan fingerprint density at radius 3 is 2.51 bits per heavy atom. The molecular weight excluding hydrogens is 540 g/mol. The zero-order chi connectivity index (χ0) is 29.6. The zero-order valence-corrected chi connectivity index (χ0v) is 21.7.